The van der Waals surface area contributed by atoms with E-state index in [4.69, 9.17) is 19.2 Å². The van der Waals surface area contributed by atoms with Crippen LogP contribution in [0.3, 0.4) is 0 Å². The Kier molecular flexibility index (Phi) is 10.3. The molecule has 0 unspecified atom stereocenters. The van der Waals surface area contributed by atoms with Gasteiger partial charge < -0.3 is 13.8 Å². The van der Waals surface area contributed by atoms with Crippen molar-refractivity contribution < 1.29 is 18.3 Å². The van der Waals surface area contributed by atoms with Gasteiger partial charge in [-0.25, -0.2) is 0 Å². The molecule has 1 N–H and O–H groups in total. The summed E-state index contributed by atoms with van der Waals surface area (Å²) >= 11 is 0. The number of ether oxygens (including phenoxy) is 1. The van der Waals surface area contributed by atoms with Crippen LogP contribution in [0.25, 0.3) is 0 Å². The Labute approximate surface area is 110 Å². The molecule has 108 valence electrons. The van der Waals surface area contributed by atoms with Crippen molar-refractivity contribution in [2.24, 2.45) is 0 Å². The second-order valence-electron chi connectivity index (χ2n) is 4.17. The van der Waals surface area contributed by atoms with Gasteiger partial charge in [-0.05, 0) is 12.8 Å². The highest BCUT2D eigenvalue weighted by Gasteiger charge is 2.16. The van der Waals surface area contributed by atoms with Gasteiger partial charge in [0.15, 0.2) is 5.90 Å². The Bertz CT molecular complexity index is 271. The third-order valence-electron chi connectivity index (χ3n) is 2.25. The standard InChI is InChI=1S/C12H26NO4P/c1-4-6-9-15-12(13)8-11-17-18(3,14)16-10-7-5-2/h13H,4-11H2,1-3H3/t18-/m0/s1. The Morgan fingerprint density at radius 3 is 2.22 bits per heavy atom. The predicted octanol–water partition coefficient (Wildman–Crippen LogP) is 3.83. The Morgan fingerprint density at radius 2 is 1.61 bits per heavy atom. The fourth-order valence-electron chi connectivity index (χ4n) is 1.13. The summed E-state index contributed by atoms with van der Waals surface area (Å²) in [6, 6.07) is 0. The summed E-state index contributed by atoms with van der Waals surface area (Å²) in [6.45, 7) is 6.78. The van der Waals surface area contributed by atoms with E-state index in [0.29, 0.717) is 19.6 Å². The molecule has 0 radical (unpaired) electrons. The largest absolute Gasteiger partial charge is 0.481 e. The smallest absolute Gasteiger partial charge is 0.327 e. The van der Waals surface area contributed by atoms with E-state index in [2.05, 4.69) is 6.92 Å². The zero-order valence-electron chi connectivity index (χ0n) is 11.7. The average Bonchev–Trinajstić information content (AvgIpc) is 2.29. The van der Waals surface area contributed by atoms with E-state index in [9.17, 15) is 4.57 Å². The number of hydrogen-bond donors (Lipinski definition) is 1. The van der Waals surface area contributed by atoms with E-state index in [0.717, 1.165) is 25.7 Å². The van der Waals surface area contributed by atoms with Crippen LogP contribution in [-0.2, 0) is 18.3 Å². The van der Waals surface area contributed by atoms with E-state index < -0.39 is 7.60 Å². The quantitative estimate of drug-likeness (QED) is 0.270. The second kappa shape index (κ2) is 10.5. The van der Waals surface area contributed by atoms with E-state index in [1.54, 1.807) is 0 Å². The lowest BCUT2D eigenvalue weighted by molar-refractivity contribution is 0.204. The predicted molar refractivity (Wildman–Crippen MR) is 73.5 cm³/mol. The highest BCUT2D eigenvalue weighted by molar-refractivity contribution is 7.52. The summed E-state index contributed by atoms with van der Waals surface area (Å²) < 4.78 is 27.3. The first-order valence-electron chi connectivity index (χ1n) is 6.58. The van der Waals surface area contributed by atoms with Crippen molar-refractivity contribution in [2.45, 2.75) is 46.0 Å². The molecule has 5 nitrogen and oxygen atoms in total. The molecule has 18 heavy (non-hydrogen) atoms. The van der Waals surface area contributed by atoms with Gasteiger partial charge in [0, 0.05) is 13.1 Å². The normalized spacial score (nSPS) is 14.2. The van der Waals surface area contributed by atoms with Crippen LogP contribution in [0, 0.1) is 5.41 Å². The van der Waals surface area contributed by atoms with Crippen LogP contribution < -0.4 is 0 Å². The van der Waals surface area contributed by atoms with Crippen molar-refractivity contribution in [3.63, 3.8) is 0 Å². The van der Waals surface area contributed by atoms with Crippen LogP contribution >= 0.6 is 7.60 Å². The zero-order chi connectivity index (χ0) is 13.9. The molecular weight excluding hydrogens is 253 g/mol. The fraction of sp³-hybridized carbons (Fsp3) is 0.917. The third kappa shape index (κ3) is 10.8. The highest BCUT2D eigenvalue weighted by atomic mass is 31.2. The molecule has 0 heterocycles. The molecule has 0 fully saturated rings. The van der Waals surface area contributed by atoms with Gasteiger partial charge in [0.1, 0.15) is 0 Å². The van der Waals surface area contributed by atoms with Crippen molar-refractivity contribution in [3.8, 4) is 0 Å². The van der Waals surface area contributed by atoms with Crippen molar-refractivity contribution in [3.05, 3.63) is 0 Å². The Morgan fingerprint density at radius 1 is 1.06 bits per heavy atom. The van der Waals surface area contributed by atoms with Gasteiger partial charge in [0.05, 0.1) is 19.8 Å². The van der Waals surface area contributed by atoms with Gasteiger partial charge in [0.25, 0.3) is 0 Å². The Balaban J connectivity index is 3.62. The first-order valence-corrected chi connectivity index (χ1v) is 8.57. The van der Waals surface area contributed by atoms with Crippen LogP contribution in [0.5, 0.6) is 0 Å². The molecule has 0 bridgehead atoms. The minimum absolute atomic E-state index is 0.178. The van der Waals surface area contributed by atoms with Gasteiger partial charge in [-0.1, -0.05) is 26.7 Å². The molecule has 0 aromatic heterocycles. The van der Waals surface area contributed by atoms with Crippen LogP contribution in [0.2, 0.25) is 0 Å². The highest BCUT2D eigenvalue weighted by Crippen LogP contribution is 2.43. The van der Waals surface area contributed by atoms with Crippen LogP contribution in [0.1, 0.15) is 46.0 Å². The molecule has 0 spiro atoms. The molecule has 0 aliphatic rings. The SMILES string of the molecule is CCCCOC(=N)CCO[P@@](C)(=O)OCCCC. The number of unbranched alkanes of at least 4 members (excludes halogenated alkanes) is 2. The monoisotopic (exact) mass is 279 g/mol. The van der Waals surface area contributed by atoms with Crippen molar-refractivity contribution in [1.29, 1.82) is 5.41 Å². The maximum Gasteiger partial charge on any atom is 0.327 e. The van der Waals surface area contributed by atoms with Crippen molar-refractivity contribution in [1.82, 2.24) is 0 Å². The molecule has 0 aromatic rings. The lowest BCUT2D eigenvalue weighted by atomic mass is 10.3. The summed E-state index contributed by atoms with van der Waals surface area (Å²) in [5.41, 5.74) is 0. The van der Waals surface area contributed by atoms with E-state index in [-0.39, 0.29) is 12.5 Å². The van der Waals surface area contributed by atoms with Crippen LogP contribution in [0.4, 0.5) is 0 Å². The maximum absolute atomic E-state index is 11.8. The zero-order valence-corrected chi connectivity index (χ0v) is 12.6. The molecule has 6 heteroatoms. The number of nitrogens with one attached hydrogen (secondary N) is 1. The Hall–Kier alpha value is -0.380. The summed E-state index contributed by atoms with van der Waals surface area (Å²) in [5.74, 6) is 0.178. The third-order valence-corrected chi connectivity index (χ3v) is 3.56. The van der Waals surface area contributed by atoms with Crippen LogP contribution in [0.15, 0.2) is 0 Å². The maximum atomic E-state index is 11.8. The van der Waals surface area contributed by atoms with Crippen molar-refractivity contribution in [2.75, 3.05) is 26.5 Å². The first-order chi connectivity index (χ1) is 8.52. The van der Waals surface area contributed by atoms with Gasteiger partial charge in [0.2, 0.25) is 0 Å². The van der Waals surface area contributed by atoms with E-state index in [1.165, 1.54) is 6.66 Å². The van der Waals surface area contributed by atoms with Gasteiger partial charge >= 0.3 is 7.60 Å². The molecule has 0 saturated heterocycles. The van der Waals surface area contributed by atoms with E-state index >= 15 is 0 Å². The number of rotatable bonds is 11. The van der Waals surface area contributed by atoms with Gasteiger partial charge in [-0.2, -0.15) is 0 Å². The van der Waals surface area contributed by atoms with Gasteiger partial charge in [-0.15, -0.1) is 0 Å². The van der Waals surface area contributed by atoms with Gasteiger partial charge in [-0.3, -0.25) is 9.97 Å². The summed E-state index contributed by atoms with van der Waals surface area (Å²) in [7, 11) is -2.96. The lowest BCUT2D eigenvalue weighted by Gasteiger charge is -2.14. The summed E-state index contributed by atoms with van der Waals surface area (Å²) in [5, 5.41) is 7.51. The first kappa shape index (κ1) is 17.6. The molecule has 0 amide bonds. The van der Waals surface area contributed by atoms with Crippen molar-refractivity contribution >= 4 is 13.5 Å². The lowest BCUT2D eigenvalue weighted by Crippen LogP contribution is -2.08. The summed E-state index contributed by atoms with van der Waals surface area (Å²) in [6.07, 6.45) is 4.18. The average molecular weight is 279 g/mol. The second-order valence-corrected chi connectivity index (χ2v) is 6.23. The van der Waals surface area contributed by atoms with E-state index in [1.807, 2.05) is 6.92 Å². The molecule has 0 aliphatic carbocycles. The number of hydrogen-bond acceptors (Lipinski definition) is 5. The molecule has 0 aromatic carbocycles. The molecule has 0 aliphatic heterocycles. The summed E-state index contributed by atoms with van der Waals surface area (Å²) in [4.78, 5) is 0. The molecule has 0 rings (SSSR count). The van der Waals surface area contributed by atoms with Crippen LogP contribution in [-0.4, -0.2) is 32.4 Å². The fourth-order valence-corrected chi connectivity index (χ4v) is 2.09. The molecule has 1 atom stereocenters. The topological polar surface area (TPSA) is 68.6 Å². The molecule has 0 saturated carbocycles. The molecular formula is C12H26NO4P. The minimum Gasteiger partial charge on any atom is -0.481 e. The minimum atomic E-state index is -2.96.